The third kappa shape index (κ3) is 5.36. The second kappa shape index (κ2) is 8.27. The van der Waals surface area contributed by atoms with Crippen molar-refractivity contribution in [1.82, 2.24) is 10.0 Å². The smallest absolute Gasteiger partial charge is 0.241 e. The van der Waals surface area contributed by atoms with Gasteiger partial charge in [0.1, 0.15) is 0 Å². The molecule has 0 aliphatic heterocycles. The molecule has 0 spiro atoms. The van der Waals surface area contributed by atoms with Crippen molar-refractivity contribution >= 4 is 26.0 Å². The Balaban J connectivity index is 3.12. The molecular formula is C15H25BrN2O2S. The molecule has 1 aromatic carbocycles. The van der Waals surface area contributed by atoms with Crippen LogP contribution in [0.4, 0.5) is 0 Å². The molecule has 21 heavy (non-hydrogen) atoms. The van der Waals surface area contributed by atoms with Crippen LogP contribution in [-0.4, -0.2) is 21.0 Å². The molecule has 6 heteroatoms. The van der Waals surface area contributed by atoms with E-state index in [-0.39, 0.29) is 6.04 Å². The molecule has 0 aliphatic rings. The summed E-state index contributed by atoms with van der Waals surface area (Å²) in [6, 6.07) is 3.67. The lowest BCUT2D eigenvalue weighted by Crippen LogP contribution is -2.32. The summed E-state index contributed by atoms with van der Waals surface area (Å²) in [7, 11) is -3.51. The van der Waals surface area contributed by atoms with Crippen LogP contribution >= 0.6 is 15.9 Å². The van der Waals surface area contributed by atoms with Gasteiger partial charge in [-0.15, -0.1) is 0 Å². The minimum absolute atomic E-state index is 0.0652. The van der Waals surface area contributed by atoms with Crippen LogP contribution in [0, 0.1) is 6.92 Å². The molecule has 1 aromatic rings. The number of hydrogen-bond acceptors (Lipinski definition) is 3. The van der Waals surface area contributed by atoms with E-state index in [0.717, 1.165) is 30.5 Å². The first-order valence-corrected chi connectivity index (χ1v) is 9.61. The third-order valence-electron chi connectivity index (χ3n) is 3.23. The van der Waals surface area contributed by atoms with Gasteiger partial charge in [0.05, 0.1) is 4.90 Å². The van der Waals surface area contributed by atoms with Gasteiger partial charge in [-0.05, 0) is 59.9 Å². The summed E-state index contributed by atoms with van der Waals surface area (Å²) in [5.41, 5.74) is 1.90. The van der Waals surface area contributed by atoms with Crippen molar-refractivity contribution in [2.24, 2.45) is 0 Å². The highest BCUT2D eigenvalue weighted by atomic mass is 79.9. The Bertz CT molecular complexity index is 573. The standard InChI is InChI=1S/C15H25BrN2O2S/c1-5-7-12(4)18-21(19,20)14-9-13(10-17-6-2)8-11(3)15(14)16/h8-9,12,17-18H,5-7,10H2,1-4H3. The van der Waals surface area contributed by atoms with E-state index in [2.05, 4.69) is 26.0 Å². The lowest BCUT2D eigenvalue weighted by Gasteiger charge is -2.16. The first kappa shape index (κ1) is 18.6. The third-order valence-corrected chi connectivity index (χ3v) is 6.16. The summed E-state index contributed by atoms with van der Waals surface area (Å²) in [5, 5.41) is 3.22. The molecule has 0 heterocycles. The molecule has 0 aliphatic carbocycles. The van der Waals surface area contributed by atoms with Crippen molar-refractivity contribution in [3.63, 3.8) is 0 Å². The lowest BCUT2D eigenvalue weighted by molar-refractivity contribution is 0.543. The summed E-state index contributed by atoms with van der Waals surface area (Å²) in [5.74, 6) is 0. The quantitative estimate of drug-likeness (QED) is 0.731. The molecule has 120 valence electrons. The van der Waals surface area contributed by atoms with E-state index in [0.29, 0.717) is 15.9 Å². The van der Waals surface area contributed by atoms with E-state index >= 15 is 0 Å². The molecule has 1 unspecified atom stereocenters. The average Bonchev–Trinajstić information content (AvgIpc) is 2.39. The fourth-order valence-electron chi connectivity index (χ4n) is 2.20. The van der Waals surface area contributed by atoms with Crippen molar-refractivity contribution in [2.75, 3.05) is 6.54 Å². The summed E-state index contributed by atoms with van der Waals surface area (Å²) >= 11 is 3.41. The van der Waals surface area contributed by atoms with Crippen LogP contribution in [0.15, 0.2) is 21.5 Å². The number of halogens is 1. The van der Waals surface area contributed by atoms with Crippen LogP contribution in [0.2, 0.25) is 0 Å². The monoisotopic (exact) mass is 376 g/mol. The Morgan fingerprint density at radius 1 is 1.29 bits per heavy atom. The van der Waals surface area contributed by atoms with Gasteiger partial charge < -0.3 is 5.32 Å². The van der Waals surface area contributed by atoms with Crippen molar-refractivity contribution < 1.29 is 8.42 Å². The van der Waals surface area contributed by atoms with Crippen molar-refractivity contribution in [3.8, 4) is 0 Å². The zero-order chi connectivity index (χ0) is 16.0. The van der Waals surface area contributed by atoms with Gasteiger partial charge in [0.2, 0.25) is 10.0 Å². The Kier molecular flexibility index (Phi) is 7.33. The van der Waals surface area contributed by atoms with Gasteiger partial charge in [-0.2, -0.15) is 0 Å². The van der Waals surface area contributed by atoms with E-state index in [1.807, 2.05) is 33.8 Å². The van der Waals surface area contributed by atoms with Gasteiger partial charge in [0.15, 0.2) is 0 Å². The molecule has 4 nitrogen and oxygen atoms in total. The van der Waals surface area contributed by atoms with Crippen LogP contribution in [0.25, 0.3) is 0 Å². The van der Waals surface area contributed by atoms with E-state index < -0.39 is 10.0 Å². The largest absolute Gasteiger partial charge is 0.313 e. The Morgan fingerprint density at radius 2 is 1.95 bits per heavy atom. The van der Waals surface area contributed by atoms with Gasteiger partial charge in [-0.3, -0.25) is 0 Å². The fraction of sp³-hybridized carbons (Fsp3) is 0.600. The minimum Gasteiger partial charge on any atom is -0.313 e. The molecule has 0 fully saturated rings. The summed E-state index contributed by atoms with van der Waals surface area (Å²) < 4.78 is 28.5. The van der Waals surface area contributed by atoms with Gasteiger partial charge in [-0.1, -0.05) is 26.3 Å². The lowest BCUT2D eigenvalue weighted by atomic mass is 10.1. The Labute approximate surface area is 136 Å². The number of aryl methyl sites for hydroxylation is 1. The minimum atomic E-state index is -3.51. The number of sulfonamides is 1. The van der Waals surface area contributed by atoms with E-state index in [1.54, 1.807) is 6.07 Å². The highest BCUT2D eigenvalue weighted by Gasteiger charge is 2.21. The molecule has 0 amide bonds. The molecule has 0 radical (unpaired) electrons. The molecule has 0 bridgehead atoms. The maximum atomic E-state index is 12.6. The van der Waals surface area contributed by atoms with Gasteiger partial charge in [0, 0.05) is 17.1 Å². The fourth-order valence-corrected chi connectivity index (χ4v) is 4.54. The molecule has 1 rings (SSSR count). The molecule has 2 N–H and O–H groups in total. The molecule has 0 aromatic heterocycles. The molecule has 0 saturated heterocycles. The second-order valence-corrected chi connectivity index (χ2v) is 7.79. The highest BCUT2D eigenvalue weighted by Crippen LogP contribution is 2.27. The maximum Gasteiger partial charge on any atom is 0.241 e. The normalized spacial score (nSPS) is 13.4. The van der Waals surface area contributed by atoms with E-state index in [4.69, 9.17) is 0 Å². The highest BCUT2D eigenvalue weighted by molar-refractivity contribution is 9.10. The molecule has 1 atom stereocenters. The average molecular weight is 377 g/mol. The Hall–Kier alpha value is -0.430. The zero-order valence-electron chi connectivity index (χ0n) is 13.2. The maximum absolute atomic E-state index is 12.6. The zero-order valence-corrected chi connectivity index (χ0v) is 15.6. The van der Waals surface area contributed by atoms with Crippen LogP contribution in [0.1, 0.15) is 44.7 Å². The number of nitrogens with one attached hydrogen (secondary N) is 2. The summed E-state index contributed by atoms with van der Waals surface area (Å²) in [4.78, 5) is 0.318. The van der Waals surface area contributed by atoms with Gasteiger partial charge in [0.25, 0.3) is 0 Å². The topological polar surface area (TPSA) is 58.2 Å². The van der Waals surface area contributed by atoms with Crippen molar-refractivity contribution in [3.05, 3.63) is 27.7 Å². The first-order valence-electron chi connectivity index (χ1n) is 7.33. The Morgan fingerprint density at radius 3 is 2.52 bits per heavy atom. The molecular weight excluding hydrogens is 352 g/mol. The second-order valence-electron chi connectivity index (χ2n) is 5.32. The summed E-state index contributed by atoms with van der Waals surface area (Å²) in [6.07, 6.45) is 1.78. The first-order chi connectivity index (χ1) is 9.81. The van der Waals surface area contributed by atoms with Crippen LogP contribution in [-0.2, 0) is 16.6 Å². The number of rotatable bonds is 8. The van der Waals surface area contributed by atoms with Crippen LogP contribution < -0.4 is 10.0 Å². The van der Waals surface area contributed by atoms with Crippen molar-refractivity contribution in [2.45, 2.75) is 58.0 Å². The predicted molar refractivity (Wildman–Crippen MR) is 91.0 cm³/mol. The van der Waals surface area contributed by atoms with Crippen LogP contribution in [0.5, 0.6) is 0 Å². The predicted octanol–water partition coefficient (Wildman–Crippen LogP) is 3.33. The van der Waals surface area contributed by atoms with Crippen LogP contribution in [0.3, 0.4) is 0 Å². The van der Waals surface area contributed by atoms with Gasteiger partial charge in [-0.25, -0.2) is 13.1 Å². The number of hydrogen-bond donors (Lipinski definition) is 2. The van der Waals surface area contributed by atoms with E-state index in [1.165, 1.54) is 0 Å². The van der Waals surface area contributed by atoms with Crippen molar-refractivity contribution in [1.29, 1.82) is 0 Å². The molecule has 0 saturated carbocycles. The SMILES string of the molecule is CCCC(C)NS(=O)(=O)c1cc(CNCC)cc(C)c1Br. The van der Waals surface area contributed by atoms with Gasteiger partial charge >= 0.3 is 0 Å². The van der Waals surface area contributed by atoms with E-state index in [9.17, 15) is 8.42 Å². The number of benzene rings is 1. The summed E-state index contributed by atoms with van der Waals surface area (Å²) in [6.45, 7) is 9.39.